The molecule has 1 aromatic rings. The van der Waals surface area contributed by atoms with E-state index in [9.17, 15) is 35.9 Å². The molecule has 0 saturated carbocycles. The van der Waals surface area contributed by atoms with Crippen LogP contribution >= 0.6 is 11.3 Å². The number of alkyl halides is 6. The molecule has 0 fully saturated rings. The normalized spacial score (nSPS) is 12.1. The van der Waals surface area contributed by atoms with Crippen molar-refractivity contribution in [3.63, 3.8) is 0 Å². The fourth-order valence-electron chi connectivity index (χ4n) is 0.877. The van der Waals surface area contributed by atoms with Crippen LogP contribution in [0, 0.1) is 0 Å². The van der Waals surface area contributed by atoms with Crippen LogP contribution in [0.1, 0.15) is 0 Å². The van der Waals surface area contributed by atoms with Crippen molar-refractivity contribution < 1.29 is 35.9 Å². The minimum atomic E-state index is -5.19. The van der Waals surface area contributed by atoms with Gasteiger partial charge in [-0.25, -0.2) is 0 Å². The van der Waals surface area contributed by atoms with Gasteiger partial charge in [-0.05, 0) is 0 Å². The van der Waals surface area contributed by atoms with E-state index in [1.54, 1.807) is 0 Å². The minimum absolute atomic E-state index is 0.565. The van der Waals surface area contributed by atoms with Crippen molar-refractivity contribution in [1.29, 1.82) is 0 Å². The van der Waals surface area contributed by atoms with Crippen LogP contribution in [0.4, 0.5) is 37.7 Å². The first-order chi connectivity index (χ1) is 8.51. The third-order valence-electron chi connectivity index (χ3n) is 1.67. The number of carbonyl (C=O) groups is 2. The van der Waals surface area contributed by atoms with E-state index >= 15 is 0 Å². The predicted octanol–water partition coefficient (Wildman–Crippen LogP) is 2.75. The lowest BCUT2D eigenvalue weighted by Gasteiger charge is -2.10. The first-order valence-electron chi connectivity index (χ1n) is 4.34. The Hall–Kier alpha value is -1.78. The Labute approximate surface area is 105 Å². The molecule has 0 unspecified atom stereocenters. The highest BCUT2D eigenvalue weighted by Crippen LogP contribution is 2.30. The molecule has 0 saturated heterocycles. The van der Waals surface area contributed by atoms with E-state index in [1.807, 2.05) is 0 Å². The van der Waals surface area contributed by atoms with Gasteiger partial charge in [-0.15, -0.1) is 11.3 Å². The first kappa shape index (κ1) is 15.3. The van der Waals surface area contributed by atoms with Gasteiger partial charge >= 0.3 is 24.2 Å². The molecule has 11 heteroatoms. The second-order valence-electron chi connectivity index (χ2n) is 3.10. The van der Waals surface area contributed by atoms with Crippen LogP contribution in [0.2, 0.25) is 0 Å². The Bertz CT molecular complexity index is 450. The summed E-state index contributed by atoms with van der Waals surface area (Å²) in [4.78, 5) is 21.2. The largest absolute Gasteiger partial charge is 0.471 e. The molecule has 0 atom stereocenters. The van der Waals surface area contributed by atoms with Gasteiger partial charge in [0.15, 0.2) is 0 Å². The van der Waals surface area contributed by atoms with Crippen LogP contribution < -0.4 is 10.6 Å². The van der Waals surface area contributed by atoms with Crippen molar-refractivity contribution in [3.8, 4) is 0 Å². The number of carbonyl (C=O) groups excluding carboxylic acids is 2. The van der Waals surface area contributed by atoms with E-state index in [1.165, 1.54) is 10.6 Å². The van der Waals surface area contributed by atoms with E-state index in [0.717, 1.165) is 10.8 Å². The Balaban J connectivity index is 2.82. The summed E-state index contributed by atoms with van der Waals surface area (Å²) in [6, 6.07) is 0. The monoisotopic (exact) mass is 306 g/mol. The number of hydrogen-bond acceptors (Lipinski definition) is 3. The number of hydrogen-bond donors (Lipinski definition) is 2. The van der Waals surface area contributed by atoms with Gasteiger partial charge < -0.3 is 10.6 Å². The van der Waals surface area contributed by atoms with E-state index in [4.69, 9.17) is 0 Å². The molecule has 2 N–H and O–H groups in total. The zero-order chi connectivity index (χ0) is 14.8. The van der Waals surface area contributed by atoms with Gasteiger partial charge in [0, 0.05) is 10.8 Å². The van der Waals surface area contributed by atoms with Gasteiger partial charge in [0.05, 0.1) is 11.4 Å². The average molecular weight is 306 g/mol. The van der Waals surface area contributed by atoms with E-state index < -0.39 is 35.5 Å². The topological polar surface area (TPSA) is 58.2 Å². The number of rotatable bonds is 2. The molecular weight excluding hydrogens is 302 g/mol. The first-order valence-corrected chi connectivity index (χ1v) is 5.28. The molecule has 1 rings (SSSR count). The molecule has 0 aliphatic rings. The molecule has 19 heavy (non-hydrogen) atoms. The van der Waals surface area contributed by atoms with Gasteiger partial charge in [0.25, 0.3) is 0 Å². The summed E-state index contributed by atoms with van der Waals surface area (Å²) < 4.78 is 71.7. The van der Waals surface area contributed by atoms with E-state index in [-0.39, 0.29) is 0 Å². The molecule has 0 spiro atoms. The molecule has 0 aliphatic heterocycles. The van der Waals surface area contributed by atoms with Crippen LogP contribution in [0.3, 0.4) is 0 Å². The van der Waals surface area contributed by atoms with Gasteiger partial charge in [-0.3, -0.25) is 9.59 Å². The lowest BCUT2D eigenvalue weighted by Crippen LogP contribution is -2.32. The molecule has 106 valence electrons. The van der Waals surface area contributed by atoms with Crippen LogP contribution in [-0.2, 0) is 9.59 Å². The summed E-state index contributed by atoms with van der Waals surface area (Å²) in [5.41, 5.74) is -1.13. The molecule has 0 radical (unpaired) electrons. The Kier molecular flexibility index (Phi) is 4.08. The van der Waals surface area contributed by atoms with E-state index in [0.29, 0.717) is 11.3 Å². The maximum atomic E-state index is 11.9. The molecule has 4 nitrogen and oxygen atoms in total. The minimum Gasteiger partial charge on any atom is -0.316 e. The fourth-order valence-corrected chi connectivity index (χ4v) is 1.59. The summed E-state index contributed by atoms with van der Waals surface area (Å²) in [6.07, 6.45) is -10.4. The average Bonchev–Trinajstić information content (AvgIpc) is 2.62. The number of amides is 2. The molecule has 2 amide bonds. The number of anilines is 2. The van der Waals surface area contributed by atoms with Crippen molar-refractivity contribution in [3.05, 3.63) is 10.8 Å². The van der Waals surface area contributed by atoms with Crippen molar-refractivity contribution in [2.24, 2.45) is 0 Å². The molecule has 0 aliphatic carbocycles. The Morgan fingerprint density at radius 3 is 1.42 bits per heavy atom. The number of thiophene rings is 1. The highest BCUT2D eigenvalue weighted by Gasteiger charge is 2.41. The third kappa shape index (κ3) is 4.12. The maximum absolute atomic E-state index is 11.9. The van der Waals surface area contributed by atoms with Crippen LogP contribution in [0.15, 0.2) is 10.8 Å². The van der Waals surface area contributed by atoms with Gasteiger partial charge in [-0.1, -0.05) is 0 Å². The summed E-state index contributed by atoms with van der Waals surface area (Å²) in [7, 11) is 0. The van der Waals surface area contributed by atoms with Crippen LogP contribution in [0.25, 0.3) is 0 Å². The Morgan fingerprint density at radius 2 is 1.16 bits per heavy atom. The quantitative estimate of drug-likeness (QED) is 0.825. The summed E-state index contributed by atoms with van der Waals surface area (Å²) in [6.45, 7) is 0. The molecular formula is C8H4F6N2O2S. The number of halogens is 6. The van der Waals surface area contributed by atoms with Gasteiger partial charge in [0.2, 0.25) is 0 Å². The summed E-state index contributed by atoms with van der Waals surface area (Å²) in [5, 5.41) is 4.61. The second-order valence-corrected chi connectivity index (χ2v) is 3.85. The molecule has 0 bridgehead atoms. The highest BCUT2D eigenvalue weighted by atomic mass is 32.1. The van der Waals surface area contributed by atoms with Gasteiger partial charge in [-0.2, -0.15) is 26.3 Å². The van der Waals surface area contributed by atoms with Crippen molar-refractivity contribution >= 4 is 34.5 Å². The summed E-state index contributed by atoms with van der Waals surface area (Å²) >= 11 is 0.707. The zero-order valence-corrected chi connectivity index (χ0v) is 9.46. The van der Waals surface area contributed by atoms with Crippen molar-refractivity contribution in [2.75, 3.05) is 10.6 Å². The lowest BCUT2D eigenvalue weighted by molar-refractivity contribution is -0.167. The molecule has 1 heterocycles. The fraction of sp³-hybridized carbons (Fsp3) is 0.250. The van der Waals surface area contributed by atoms with E-state index in [2.05, 4.69) is 0 Å². The smallest absolute Gasteiger partial charge is 0.316 e. The molecule has 1 aromatic heterocycles. The highest BCUT2D eigenvalue weighted by molar-refractivity contribution is 7.09. The molecule has 0 aromatic carbocycles. The second kappa shape index (κ2) is 5.07. The number of nitrogens with one attached hydrogen (secondary N) is 2. The lowest BCUT2D eigenvalue weighted by atomic mass is 10.4. The van der Waals surface area contributed by atoms with Gasteiger partial charge in [0.1, 0.15) is 0 Å². The van der Waals surface area contributed by atoms with Crippen LogP contribution in [-0.4, -0.2) is 24.2 Å². The standard InChI is InChI=1S/C8H4F6N2O2S/c9-7(10,11)5(17)15-3-1-19-2-4(3)16-6(18)8(12,13)14/h1-2H,(H,15,17)(H,16,18). The van der Waals surface area contributed by atoms with Crippen molar-refractivity contribution in [2.45, 2.75) is 12.4 Å². The zero-order valence-electron chi connectivity index (χ0n) is 8.65. The van der Waals surface area contributed by atoms with Crippen molar-refractivity contribution in [1.82, 2.24) is 0 Å². The van der Waals surface area contributed by atoms with Crippen LogP contribution in [0.5, 0.6) is 0 Å². The maximum Gasteiger partial charge on any atom is 0.471 e. The summed E-state index contributed by atoms with van der Waals surface area (Å²) in [5.74, 6) is -4.71. The predicted molar refractivity (Wildman–Crippen MR) is 53.7 cm³/mol. The third-order valence-corrected chi connectivity index (χ3v) is 2.42. The Morgan fingerprint density at radius 1 is 0.842 bits per heavy atom. The SMILES string of the molecule is O=C(Nc1cscc1NC(=O)C(F)(F)F)C(F)(F)F.